The van der Waals surface area contributed by atoms with E-state index in [1.165, 1.54) is 30.4 Å². The van der Waals surface area contributed by atoms with Crippen LogP contribution in [-0.2, 0) is 32.1 Å². The molecule has 0 aliphatic carbocycles. The summed E-state index contributed by atoms with van der Waals surface area (Å²) < 4.78 is -0.868. The van der Waals surface area contributed by atoms with Gasteiger partial charge >= 0.3 is 5.97 Å². The van der Waals surface area contributed by atoms with Gasteiger partial charge in [0.2, 0.25) is 17.7 Å². The smallest absolute Gasteiger partial charge is 0.326 e. The first-order chi connectivity index (χ1) is 16.0. The molecule has 9 nitrogen and oxygen atoms in total. The molecule has 188 valence electrons. The van der Waals surface area contributed by atoms with Crippen molar-refractivity contribution >= 4 is 47.2 Å². The highest BCUT2D eigenvalue weighted by Crippen LogP contribution is 2.29. The average molecular weight is 511 g/mol. The van der Waals surface area contributed by atoms with Crippen LogP contribution in [0.5, 0.6) is 0 Å². The van der Waals surface area contributed by atoms with E-state index in [0.717, 1.165) is 16.0 Å². The second-order valence-corrected chi connectivity index (χ2v) is 11.3. The minimum Gasteiger partial charge on any atom is -0.480 e. The molecule has 0 fully saturated rings. The molecule has 3 amide bonds. The number of imide groups is 1. The van der Waals surface area contributed by atoms with Crippen molar-refractivity contribution in [2.24, 2.45) is 5.73 Å². The van der Waals surface area contributed by atoms with Gasteiger partial charge in [0.15, 0.2) is 0 Å². The number of benzene rings is 1. The summed E-state index contributed by atoms with van der Waals surface area (Å²) in [4.78, 5) is 51.5. The Morgan fingerprint density at radius 1 is 1.26 bits per heavy atom. The van der Waals surface area contributed by atoms with Gasteiger partial charge in [0, 0.05) is 18.2 Å². The Labute approximate surface area is 209 Å². The zero-order chi connectivity index (χ0) is 25.5. The van der Waals surface area contributed by atoms with Crippen LogP contribution in [0.15, 0.2) is 24.3 Å². The van der Waals surface area contributed by atoms with Crippen LogP contribution in [0, 0.1) is 0 Å². The van der Waals surface area contributed by atoms with Crippen molar-refractivity contribution in [1.29, 1.82) is 0 Å². The summed E-state index contributed by atoms with van der Waals surface area (Å²) in [6.07, 6.45) is 2.30. The van der Waals surface area contributed by atoms with Crippen molar-refractivity contribution in [2.75, 3.05) is 17.9 Å². The van der Waals surface area contributed by atoms with Crippen molar-refractivity contribution in [3.05, 3.63) is 35.4 Å². The summed E-state index contributed by atoms with van der Waals surface area (Å²) in [6, 6.07) is 4.47. The second kappa shape index (κ2) is 12.6. The van der Waals surface area contributed by atoms with Crippen LogP contribution in [0.25, 0.3) is 0 Å². The number of carboxylic acids is 1. The van der Waals surface area contributed by atoms with Crippen LogP contribution in [0.4, 0.5) is 0 Å². The third-order valence-corrected chi connectivity index (χ3v) is 7.76. The lowest BCUT2D eigenvalue weighted by Gasteiger charge is -2.38. The predicted octanol–water partition coefficient (Wildman–Crippen LogP) is 1.20. The lowest BCUT2D eigenvalue weighted by Crippen LogP contribution is -2.63. The third kappa shape index (κ3) is 7.21. The van der Waals surface area contributed by atoms with Gasteiger partial charge in [0.25, 0.3) is 0 Å². The number of nitrogens with two attached hydrogens (primary N) is 1. The summed E-state index contributed by atoms with van der Waals surface area (Å²) in [6.45, 7) is 5.30. The largest absolute Gasteiger partial charge is 0.480 e. The molecule has 11 heteroatoms. The Balaban J connectivity index is 2.33. The average Bonchev–Trinajstić information content (AvgIpc) is 2.79. The summed E-state index contributed by atoms with van der Waals surface area (Å²) in [5, 5.41) is 15.7. The number of fused-ring (bicyclic) bond motifs is 1. The van der Waals surface area contributed by atoms with Gasteiger partial charge in [-0.3, -0.25) is 19.3 Å². The van der Waals surface area contributed by atoms with Crippen LogP contribution >= 0.6 is 23.5 Å². The van der Waals surface area contributed by atoms with Crippen LogP contribution in [0.3, 0.4) is 0 Å². The summed E-state index contributed by atoms with van der Waals surface area (Å²) in [5.74, 6) is -2.10. The first-order valence-electron chi connectivity index (χ1n) is 11.0. The molecule has 1 aliphatic rings. The maximum Gasteiger partial charge on any atom is 0.326 e. The molecule has 1 aromatic carbocycles. The number of nitrogens with one attached hydrogen (secondary N) is 2. The molecule has 0 bridgehead atoms. The molecule has 1 aliphatic heterocycles. The fourth-order valence-corrected chi connectivity index (χ4v) is 5.05. The lowest BCUT2D eigenvalue weighted by atomic mass is 9.94. The topological polar surface area (TPSA) is 142 Å². The Kier molecular flexibility index (Phi) is 10.4. The van der Waals surface area contributed by atoms with Crippen molar-refractivity contribution in [3.8, 4) is 0 Å². The van der Waals surface area contributed by atoms with Crippen molar-refractivity contribution in [3.63, 3.8) is 0 Å². The quantitative estimate of drug-likeness (QED) is 0.323. The Morgan fingerprint density at radius 2 is 1.91 bits per heavy atom. The minimum absolute atomic E-state index is 0.115. The summed E-state index contributed by atoms with van der Waals surface area (Å²) in [5.41, 5.74) is 8.38. The zero-order valence-electron chi connectivity index (χ0n) is 20.0. The fraction of sp³-hybridized carbons (Fsp3) is 0.565. The molecule has 34 heavy (non-hydrogen) atoms. The molecule has 2 unspecified atom stereocenters. The standard InChI is InChI=1S/C23H34N4O5S2/c1-14(28)26-13-34-23(2,3)19(24)21(30)27(18(22(31)32)9-10-33-4)20(29)17-11-15-7-5-6-8-16(15)12-25-17/h5-8,17-19,25H,9-13,24H2,1-4H3,(H,26,28)(H,31,32)/t17-,18?,19?/m0/s1. The van der Waals surface area contributed by atoms with Gasteiger partial charge < -0.3 is 21.5 Å². The van der Waals surface area contributed by atoms with Crippen LogP contribution in [-0.4, -0.2) is 74.5 Å². The molecular weight excluding hydrogens is 476 g/mol. The van der Waals surface area contributed by atoms with E-state index in [2.05, 4.69) is 10.6 Å². The van der Waals surface area contributed by atoms with Gasteiger partial charge in [-0.25, -0.2) is 4.79 Å². The molecule has 0 radical (unpaired) electrons. The number of hydrogen-bond donors (Lipinski definition) is 4. The number of nitrogens with zero attached hydrogens (tertiary/aromatic N) is 1. The number of carbonyl (C=O) groups is 4. The number of carbonyl (C=O) groups excluding carboxylic acids is 3. The van der Waals surface area contributed by atoms with Crippen molar-refractivity contribution in [2.45, 2.75) is 63.0 Å². The van der Waals surface area contributed by atoms with Gasteiger partial charge in [0.05, 0.1) is 18.0 Å². The number of amides is 3. The van der Waals surface area contributed by atoms with E-state index < -0.39 is 40.7 Å². The van der Waals surface area contributed by atoms with Crippen LogP contribution in [0.1, 0.15) is 38.3 Å². The number of hydrogen-bond acceptors (Lipinski definition) is 8. The molecule has 0 spiro atoms. The van der Waals surface area contributed by atoms with Gasteiger partial charge in [-0.2, -0.15) is 11.8 Å². The van der Waals surface area contributed by atoms with Gasteiger partial charge in [-0.05, 0) is 49.8 Å². The third-order valence-electron chi connectivity index (χ3n) is 5.83. The minimum atomic E-state index is -1.33. The van der Waals surface area contributed by atoms with Crippen LogP contribution in [0.2, 0.25) is 0 Å². The highest BCUT2D eigenvalue weighted by atomic mass is 32.2. The normalized spacial score (nSPS) is 17.3. The molecule has 2 rings (SSSR count). The first-order valence-corrected chi connectivity index (χ1v) is 13.4. The summed E-state index contributed by atoms with van der Waals surface area (Å²) in [7, 11) is 0. The molecule has 1 heterocycles. The van der Waals surface area contributed by atoms with E-state index >= 15 is 0 Å². The van der Waals surface area contributed by atoms with E-state index in [-0.39, 0.29) is 18.2 Å². The number of aliphatic carboxylic acids is 1. The summed E-state index contributed by atoms with van der Waals surface area (Å²) >= 11 is 2.69. The molecule has 0 saturated heterocycles. The molecular formula is C23H34N4O5S2. The predicted molar refractivity (Wildman–Crippen MR) is 135 cm³/mol. The van der Waals surface area contributed by atoms with Crippen molar-refractivity contribution in [1.82, 2.24) is 15.5 Å². The Bertz CT molecular complexity index is 911. The number of thioether (sulfide) groups is 2. The fourth-order valence-electron chi connectivity index (χ4n) is 3.67. The Hall–Kier alpha value is -2.08. The molecule has 3 atom stereocenters. The van der Waals surface area contributed by atoms with E-state index in [1.807, 2.05) is 30.5 Å². The second-order valence-electron chi connectivity index (χ2n) is 8.69. The van der Waals surface area contributed by atoms with Gasteiger partial charge in [-0.15, -0.1) is 11.8 Å². The lowest BCUT2D eigenvalue weighted by molar-refractivity contribution is -0.160. The highest BCUT2D eigenvalue weighted by molar-refractivity contribution is 8.00. The van der Waals surface area contributed by atoms with Gasteiger partial charge in [-0.1, -0.05) is 24.3 Å². The van der Waals surface area contributed by atoms with Gasteiger partial charge in [0.1, 0.15) is 6.04 Å². The maximum absolute atomic E-state index is 13.6. The molecule has 0 saturated carbocycles. The van der Waals surface area contributed by atoms with Crippen molar-refractivity contribution < 1.29 is 24.3 Å². The Morgan fingerprint density at radius 3 is 2.50 bits per heavy atom. The molecule has 1 aromatic rings. The van der Waals surface area contributed by atoms with E-state index in [4.69, 9.17) is 5.73 Å². The zero-order valence-corrected chi connectivity index (χ0v) is 21.6. The molecule has 5 N–H and O–H groups in total. The highest BCUT2D eigenvalue weighted by Gasteiger charge is 2.44. The number of rotatable bonds is 11. The monoisotopic (exact) mass is 510 g/mol. The van der Waals surface area contributed by atoms with E-state index in [0.29, 0.717) is 18.7 Å². The van der Waals surface area contributed by atoms with E-state index in [1.54, 1.807) is 13.8 Å². The SMILES string of the molecule is CSCCC(C(=O)O)N(C(=O)C(N)C(C)(C)SCNC(C)=O)C(=O)[C@@H]1Cc2ccccc2CN1. The van der Waals surface area contributed by atoms with Crippen LogP contribution < -0.4 is 16.4 Å². The first kappa shape index (κ1) is 28.2. The number of carboxylic acid groups (broad SMARTS) is 1. The van der Waals surface area contributed by atoms with E-state index in [9.17, 15) is 24.3 Å². The maximum atomic E-state index is 13.6. The molecule has 0 aromatic heterocycles.